The van der Waals surface area contributed by atoms with E-state index in [9.17, 15) is 4.79 Å². The van der Waals surface area contributed by atoms with E-state index in [1.54, 1.807) is 13.0 Å². The molecule has 1 unspecified atom stereocenters. The molecule has 106 valence electrons. The molecule has 5 heteroatoms. The van der Waals surface area contributed by atoms with Gasteiger partial charge in [-0.15, -0.1) is 11.3 Å². The normalized spacial score (nSPS) is 11.9. The molecule has 1 heterocycles. The number of carbonyl (C=O) groups is 1. The Morgan fingerprint density at radius 1 is 1.45 bits per heavy atom. The Balaban J connectivity index is 2.18. The van der Waals surface area contributed by atoms with E-state index in [2.05, 4.69) is 5.32 Å². The van der Waals surface area contributed by atoms with Gasteiger partial charge in [0.25, 0.3) is 0 Å². The minimum Gasteiger partial charge on any atom is -0.462 e. The zero-order valence-electron chi connectivity index (χ0n) is 11.4. The molecule has 3 nitrogen and oxygen atoms in total. The number of anilines is 1. The number of rotatable bonds is 5. The second-order valence-electron chi connectivity index (χ2n) is 4.32. The lowest BCUT2D eigenvalue weighted by atomic mass is 10.1. The zero-order valence-corrected chi connectivity index (χ0v) is 12.9. The van der Waals surface area contributed by atoms with Crippen molar-refractivity contribution in [3.8, 4) is 0 Å². The highest BCUT2D eigenvalue weighted by Gasteiger charge is 2.14. The minimum absolute atomic E-state index is 0.0642. The van der Waals surface area contributed by atoms with Crippen LogP contribution in [0.3, 0.4) is 0 Å². The van der Waals surface area contributed by atoms with Crippen molar-refractivity contribution in [3.05, 3.63) is 51.2 Å². The topological polar surface area (TPSA) is 38.3 Å². The molecule has 1 atom stereocenters. The summed E-state index contributed by atoms with van der Waals surface area (Å²) in [6.07, 6.45) is 0. The Labute approximate surface area is 127 Å². The third-order valence-electron chi connectivity index (χ3n) is 2.88. The molecule has 2 rings (SSSR count). The van der Waals surface area contributed by atoms with Crippen LogP contribution in [0.5, 0.6) is 0 Å². The number of hydrogen-bond acceptors (Lipinski definition) is 4. The van der Waals surface area contributed by atoms with Crippen molar-refractivity contribution in [2.45, 2.75) is 19.9 Å². The third-order valence-corrected chi connectivity index (χ3v) is 3.99. The van der Waals surface area contributed by atoms with Crippen molar-refractivity contribution in [1.29, 1.82) is 0 Å². The second kappa shape index (κ2) is 6.77. The highest BCUT2D eigenvalue weighted by atomic mass is 35.5. The molecule has 1 aromatic heterocycles. The summed E-state index contributed by atoms with van der Waals surface area (Å²) >= 11 is 7.44. The first-order valence-corrected chi connectivity index (χ1v) is 7.64. The summed E-state index contributed by atoms with van der Waals surface area (Å²) in [6.45, 7) is 4.19. The van der Waals surface area contributed by atoms with Crippen molar-refractivity contribution in [1.82, 2.24) is 0 Å². The van der Waals surface area contributed by atoms with Crippen LogP contribution in [0.15, 0.2) is 35.7 Å². The maximum atomic E-state index is 11.9. The molecular weight excluding hydrogens is 294 g/mol. The molecule has 0 aliphatic heterocycles. The van der Waals surface area contributed by atoms with Crippen LogP contribution in [-0.4, -0.2) is 12.6 Å². The molecule has 0 bridgehead atoms. The van der Waals surface area contributed by atoms with Crippen LogP contribution in [0.2, 0.25) is 4.34 Å². The number of hydrogen-bond donors (Lipinski definition) is 1. The molecule has 1 N–H and O–H groups in total. The number of benzene rings is 1. The van der Waals surface area contributed by atoms with Crippen LogP contribution in [0.4, 0.5) is 5.69 Å². The van der Waals surface area contributed by atoms with E-state index in [-0.39, 0.29) is 12.0 Å². The van der Waals surface area contributed by atoms with Crippen LogP contribution in [0.1, 0.15) is 35.8 Å². The molecule has 0 saturated carbocycles. The average Bonchev–Trinajstić information content (AvgIpc) is 2.86. The van der Waals surface area contributed by atoms with Gasteiger partial charge < -0.3 is 10.1 Å². The van der Waals surface area contributed by atoms with Crippen molar-refractivity contribution in [2.75, 3.05) is 11.9 Å². The predicted octanol–water partition coefficient (Wildman–Crippen LogP) is 4.75. The fourth-order valence-electron chi connectivity index (χ4n) is 1.86. The summed E-state index contributed by atoms with van der Waals surface area (Å²) in [5, 5.41) is 5.33. The van der Waals surface area contributed by atoms with Crippen molar-refractivity contribution < 1.29 is 9.53 Å². The lowest BCUT2D eigenvalue weighted by Gasteiger charge is -2.16. The molecular formula is C15H16ClNO2S. The summed E-state index contributed by atoms with van der Waals surface area (Å²) in [4.78, 5) is 11.9. The summed E-state index contributed by atoms with van der Waals surface area (Å²) in [7, 11) is 0. The summed E-state index contributed by atoms with van der Waals surface area (Å²) < 4.78 is 5.82. The molecule has 0 fully saturated rings. The lowest BCUT2D eigenvalue weighted by molar-refractivity contribution is 0.0527. The largest absolute Gasteiger partial charge is 0.462 e. The van der Waals surface area contributed by atoms with Gasteiger partial charge in [-0.2, -0.15) is 0 Å². The number of thiophene rings is 1. The monoisotopic (exact) mass is 309 g/mol. The molecule has 0 amide bonds. The van der Waals surface area contributed by atoms with Gasteiger partial charge in [-0.3, -0.25) is 0 Å². The summed E-state index contributed by atoms with van der Waals surface area (Å²) in [5.74, 6) is -0.314. The van der Waals surface area contributed by atoms with Crippen LogP contribution in [0, 0.1) is 0 Å². The lowest BCUT2D eigenvalue weighted by Crippen LogP contribution is -2.12. The Kier molecular flexibility index (Phi) is 5.04. The van der Waals surface area contributed by atoms with Gasteiger partial charge in [0.05, 0.1) is 16.5 Å². The first-order valence-electron chi connectivity index (χ1n) is 6.38. The molecule has 0 aliphatic carbocycles. The van der Waals surface area contributed by atoms with Gasteiger partial charge in [-0.25, -0.2) is 4.79 Å². The highest BCUT2D eigenvalue weighted by molar-refractivity contribution is 7.14. The van der Waals surface area contributed by atoms with E-state index in [4.69, 9.17) is 16.3 Å². The van der Waals surface area contributed by atoms with Gasteiger partial charge in [0.15, 0.2) is 0 Å². The van der Waals surface area contributed by atoms with E-state index < -0.39 is 0 Å². The van der Waals surface area contributed by atoms with Gasteiger partial charge in [0.1, 0.15) is 0 Å². The maximum Gasteiger partial charge on any atom is 0.340 e. The van der Waals surface area contributed by atoms with Crippen molar-refractivity contribution in [3.63, 3.8) is 0 Å². The minimum atomic E-state index is -0.314. The molecule has 0 saturated heterocycles. The van der Waals surface area contributed by atoms with Gasteiger partial charge in [0.2, 0.25) is 0 Å². The molecule has 20 heavy (non-hydrogen) atoms. The smallest absolute Gasteiger partial charge is 0.340 e. The van der Waals surface area contributed by atoms with Gasteiger partial charge in [-0.1, -0.05) is 23.7 Å². The summed E-state index contributed by atoms with van der Waals surface area (Å²) in [5.41, 5.74) is 2.40. The fourth-order valence-corrected chi connectivity index (χ4v) is 2.85. The Hall–Kier alpha value is -1.52. The van der Waals surface area contributed by atoms with E-state index in [0.29, 0.717) is 12.2 Å². The molecule has 0 radical (unpaired) electrons. The van der Waals surface area contributed by atoms with E-state index >= 15 is 0 Å². The molecule has 1 aromatic carbocycles. The van der Waals surface area contributed by atoms with Crippen molar-refractivity contribution >= 4 is 34.6 Å². The Bertz CT molecular complexity index is 597. The Morgan fingerprint density at radius 2 is 2.20 bits per heavy atom. The first-order chi connectivity index (χ1) is 9.61. The van der Waals surface area contributed by atoms with E-state index in [1.165, 1.54) is 11.3 Å². The second-order valence-corrected chi connectivity index (χ2v) is 5.86. The van der Waals surface area contributed by atoms with E-state index in [1.807, 2.05) is 36.6 Å². The van der Waals surface area contributed by atoms with E-state index in [0.717, 1.165) is 15.6 Å². The number of nitrogens with one attached hydrogen (secondary N) is 1. The van der Waals surface area contributed by atoms with Crippen LogP contribution >= 0.6 is 22.9 Å². The maximum absolute atomic E-state index is 11.9. The predicted molar refractivity (Wildman–Crippen MR) is 83.8 cm³/mol. The molecule has 0 spiro atoms. The van der Waals surface area contributed by atoms with Crippen molar-refractivity contribution in [2.24, 2.45) is 0 Å². The SMILES string of the molecule is CCOC(=O)c1ccccc1NC(C)c1csc(Cl)c1. The van der Waals surface area contributed by atoms with Gasteiger partial charge in [-0.05, 0) is 43.0 Å². The molecule has 2 aromatic rings. The summed E-state index contributed by atoms with van der Waals surface area (Å²) in [6, 6.07) is 9.33. The van der Waals surface area contributed by atoms with Crippen LogP contribution < -0.4 is 5.32 Å². The highest BCUT2D eigenvalue weighted by Crippen LogP contribution is 2.28. The number of carbonyl (C=O) groups excluding carboxylic acids is 1. The fraction of sp³-hybridized carbons (Fsp3) is 0.267. The number of halogens is 1. The van der Waals surface area contributed by atoms with Gasteiger partial charge >= 0.3 is 5.97 Å². The van der Waals surface area contributed by atoms with Crippen LogP contribution in [0.25, 0.3) is 0 Å². The Morgan fingerprint density at radius 3 is 2.85 bits per heavy atom. The zero-order chi connectivity index (χ0) is 14.5. The number of para-hydroxylation sites is 1. The average molecular weight is 310 g/mol. The third kappa shape index (κ3) is 3.52. The number of esters is 1. The van der Waals surface area contributed by atoms with Crippen LogP contribution in [-0.2, 0) is 4.74 Å². The molecule has 0 aliphatic rings. The first kappa shape index (κ1) is 14.9. The number of ether oxygens (including phenoxy) is 1. The quantitative estimate of drug-likeness (QED) is 0.810. The standard InChI is InChI=1S/C15H16ClNO2S/c1-3-19-15(18)12-6-4-5-7-13(12)17-10(2)11-8-14(16)20-9-11/h4-10,17H,3H2,1-2H3. The van der Waals surface area contributed by atoms with Gasteiger partial charge in [0, 0.05) is 11.7 Å².